The van der Waals surface area contributed by atoms with E-state index in [1.807, 2.05) is 0 Å². The second-order valence-electron chi connectivity index (χ2n) is 15.9. The molecule has 6 unspecified atom stereocenters. The summed E-state index contributed by atoms with van der Waals surface area (Å²) < 4.78 is 33.5. The lowest BCUT2D eigenvalue weighted by Crippen LogP contribution is -2.64. The molecule has 0 aromatic rings. The van der Waals surface area contributed by atoms with Crippen molar-refractivity contribution >= 4 is 19.8 Å². The van der Waals surface area contributed by atoms with Gasteiger partial charge in [-0.1, -0.05) is 158 Å². The van der Waals surface area contributed by atoms with Crippen molar-refractivity contribution in [1.29, 1.82) is 0 Å². The minimum absolute atomic E-state index is 0.0892. The summed E-state index contributed by atoms with van der Waals surface area (Å²) in [5.74, 6) is -1.14. The zero-order chi connectivity index (χ0) is 45.0. The summed E-state index contributed by atoms with van der Waals surface area (Å²) in [5, 5.41) is 50.1. The van der Waals surface area contributed by atoms with Crippen molar-refractivity contribution in [2.75, 3.05) is 13.2 Å². The van der Waals surface area contributed by atoms with Gasteiger partial charge in [-0.25, -0.2) is 4.57 Å². The third-order valence-corrected chi connectivity index (χ3v) is 11.4. The fourth-order valence-electron chi connectivity index (χ4n) is 6.67. The van der Waals surface area contributed by atoms with Crippen LogP contribution in [0.2, 0.25) is 0 Å². The number of aliphatic hydroxyl groups excluding tert-OH is 5. The Morgan fingerprint density at radius 3 is 1.43 bits per heavy atom. The molecule has 6 N–H and O–H groups in total. The maximum Gasteiger partial charge on any atom is 0.472 e. The first kappa shape index (κ1) is 56.6. The number of rotatable bonds is 37. The molecule has 0 aromatic carbocycles. The number of ether oxygens (including phenoxy) is 2. The van der Waals surface area contributed by atoms with E-state index in [1.54, 1.807) is 0 Å². The topological polar surface area (TPSA) is 210 Å². The average molecular weight is 885 g/mol. The summed E-state index contributed by atoms with van der Waals surface area (Å²) in [6.07, 6.45) is 31.3. The molecule has 1 rings (SSSR count). The second-order valence-corrected chi connectivity index (χ2v) is 17.3. The molecule has 352 valence electrons. The molecule has 0 radical (unpaired) electrons. The Labute approximate surface area is 366 Å². The number of esters is 2. The van der Waals surface area contributed by atoms with Crippen molar-refractivity contribution in [3.63, 3.8) is 0 Å². The molecule has 14 heteroatoms. The first-order valence-corrected chi connectivity index (χ1v) is 24.6. The monoisotopic (exact) mass is 885 g/mol. The molecule has 13 nitrogen and oxygen atoms in total. The van der Waals surface area contributed by atoms with Crippen LogP contribution in [0.25, 0.3) is 0 Å². The highest BCUT2D eigenvalue weighted by molar-refractivity contribution is 7.47. The normalized spacial score (nSPS) is 22.6. The number of hydrogen-bond acceptors (Lipinski definition) is 12. The summed E-state index contributed by atoms with van der Waals surface area (Å²) in [6, 6.07) is 0. The van der Waals surface area contributed by atoms with E-state index < -0.39 is 75.7 Å². The van der Waals surface area contributed by atoms with Crippen LogP contribution in [0.4, 0.5) is 0 Å². The maximum absolute atomic E-state index is 12.8. The van der Waals surface area contributed by atoms with Crippen LogP contribution in [0, 0.1) is 0 Å². The van der Waals surface area contributed by atoms with Crippen molar-refractivity contribution in [2.45, 2.75) is 211 Å². The molecule has 8 atom stereocenters. The van der Waals surface area contributed by atoms with Crippen LogP contribution in [-0.4, -0.2) is 98.3 Å². The first-order valence-electron chi connectivity index (χ1n) is 23.1. The summed E-state index contributed by atoms with van der Waals surface area (Å²) >= 11 is 0. The van der Waals surface area contributed by atoms with Gasteiger partial charge in [0, 0.05) is 12.8 Å². The van der Waals surface area contributed by atoms with E-state index in [0.29, 0.717) is 12.8 Å². The third-order valence-electron chi connectivity index (χ3n) is 10.4. The van der Waals surface area contributed by atoms with E-state index in [-0.39, 0.29) is 12.8 Å². The van der Waals surface area contributed by atoms with Gasteiger partial charge >= 0.3 is 19.8 Å². The number of aliphatic hydroxyl groups is 5. The molecule has 0 heterocycles. The van der Waals surface area contributed by atoms with E-state index >= 15 is 0 Å². The smallest absolute Gasteiger partial charge is 0.462 e. The van der Waals surface area contributed by atoms with Crippen molar-refractivity contribution in [1.82, 2.24) is 0 Å². The van der Waals surface area contributed by atoms with E-state index in [2.05, 4.69) is 74.6 Å². The van der Waals surface area contributed by atoms with Gasteiger partial charge in [-0.15, -0.1) is 0 Å². The number of phosphoric acid groups is 1. The predicted octanol–water partition coefficient (Wildman–Crippen LogP) is 8.94. The number of hydrogen-bond donors (Lipinski definition) is 6. The quantitative estimate of drug-likeness (QED) is 0.0149. The van der Waals surface area contributed by atoms with Gasteiger partial charge in [0.25, 0.3) is 0 Å². The Bertz CT molecular complexity index is 1300. The minimum atomic E-state index is -5.13. The van der Waals surface area contributed by atoms with Gasteiger partial charge in [0.05, 0.1) is 6.61 Å². The summed E-state index contributed by atoms with van der Waals surface area (Å²) in [5.41, 5.74) is 0. The van der Waals surface area contributed by atoms with Crippen molar-refractivity contribution < 1.29 is 63.1 Å². The Hall–Kier alpha value is -2.45. The maximum atomic E-state index is 12.8. The molecule has 0 aliphatic heterocycles. The minimum Gasteiger partial charge on any atom is -0.462 e. The van der Waals surface area contributed by atoms with Gasteiger partial charge in [-0.2, -0.15) is 0 Å². The fourth-order valence-corrected chi connectivity index (χ4v) is 7.64. The molecule has 1 aliphatic carbocycles. The zero-order valence-electron chi connectivity index (χ0n) is 37.2. The summed E-state index contributed by atoms with van der Waals surface area (Å²) in [4.78, 5) is 35.7. The lowest BCUT2D eigenvalue weighted by molar-refractivity contribution is -0.220. The zero-order valence-corrected chi connectivity index (χ0v) is 38.1. The van der Waals surface area contributed by atoms with Crippen LogP contribution in [0.3, 0.4) is 0 Å². The molecule has 61 heavy (non-hydrogen) atoms. The van der Waals surface area contributed by atoms with Gasteiger partial charge in [-0.3, -0.25) is 18.6 Å². The average Bonchev–Trinajstić information content (AvgIpc) is 3.24. The third kappa shape index (κ3) is 29.5. The Balaban J connectivity index is 2.48. The van der Waals surface area contributed by atoms with Crippen LogP contribution in [0.5, 0.6) is 0 Å². The highest BCUT2D eigenvalue weighted by atomic mass is 31.2. The van der Waals surface area contributed by atoms with Crippen molar-refractivity contribution in [3.8, 4) is 0 Å². The molecule has 0 amide bonds. The van der Waals surface area contributed by atoms with Crippen LogP contribution in [-0.2, 0) is 32.7 Å². The first-order chi connectivity index (χ1) is 29.4. The van der Waals surface area contributed by atoms with Gasteiger partial charge in [0.15, 0.2) is 6.10 Å². The molecular weight excluding hydrogens is 803 g/mol. The molecule has 0 aromatic heterocycles. The van der Waals surface area contributed by atoms with Crippen LogP contribution >= 0.6 is 7.82 Å². The Kier molecular flexibility index (Phi) is 34.3. The number of carbonyl (C=O) groups is 2. The number of phosphoric ester groups is 1. The highest BCUT2D eigenvalue weighted by Gasteiger charge is 2.51. The number of carbonyl (C=O) groups excluding carboxylic acids is 2. The molecule has 0 bridgehead atoms. The van der Waals surface area contributed by atoms with Gasteiger partial charge in [-0.05, 0) is 57.8 Å². The van der Waals surface area contributed by atoms with Gasteiger partial charge in [0.1, 0.15) is 43.2 Å². The van der Waals surface area contributed by atoms with Crippen LogP contribution in [0.1, 0.15) is 168 Å². The second kappa shape index (κ2) is 37.0. The lowest BCUT2D eigenvalue weighted by Gasteiger charge is -2.41. The summed E-state index contributed by atoms with van der Waals surface area (Å²) in [7, 11) is -5.13. The van der Waals surface area contributed by atoms with Crippen molar-refractivity contribution in [2.24, 2.45) is 0 Å². The van der Waals surface area contributed by atoms with E-state index in [1.165, 1.54) is 51.4 Å². The number of unbranched alkanes of at least 4 members (excludes halogenated alkanes) is 15. The molecule has 1 saturated carbocycles. The number of allylic oxidation sites excluding steroid dienone is 10. The molecule has 0 spiro atoms. The van der Waals surface area contributed by atoms with Gasteiger partial charge in [0.2, 0.25) is 0 Å². The Morgan fingerprint density at radius 2 is 0.934 bits per heavy atom. The van der Waals surface area contributed by atoms with Crippen LogP contribution in [0.15, 0.2) is 60.8 Å². The van der Waals surface area contributed by atoms with Crippen molar-refractivity contribution in [3.05, 3.63) is 60.8 Å². The summed E-state index contributed by atoms with van der Waals surface area (Å²) in [6.45, 7) is 3.15. The highest BCUT2D eigenvalue weighted by Crippen LogP contribution is 2.47. The van der Waals surface area contributed by atoms with Gasteiger partial charge < -0.3 is 39.9 Å². The molecular formula is C47H81O13P. The SMILES string of the molecule is CC/C=C\C/C=C\C/C=C\C/C=C\C/C=C\CCCCCC(=O)OC[C@H](COP(=O)(O)OC1C(O)C(O)C(O)[C@@H](O)C1O)OC(=O)CCCCCCCCCCCCCCC. The predicted molar refractivity (Wildman–Crippen MR) is 239 cm³/mol. The largest absolute Gasteiger partial charge is 0.472 e. The lowest BCUT2D eigenvalue weighted by atomic mass is 9.85. The standard InChI is InChI=1S/C47H81O13P/c1-3-5-7-9-11-13-15-17-18-19-20-21-22-24-25-27-29-31-33-35-40(48)57-37-39(38-58-61(55,56)60-47-45(53)43(51)42(50)44(52)46(47)54)59-41(49)36-34-32-30-28-26-23-16-14-12-10-8-6-4-2/h5,7,11,13,17-18,20-21,24-25,39,42-47,50-54H,3-4,6,8-10,12,14-16,19,22-23,26-38H2,1-2H3,(H,55,56)/b7-5-,13-11-,18-17-,21-20-,25-24-/t39-,42?,43-,44?,45?,46?,47?/m1/s1. The van der Waals surface area contributed by atoms with E-state index in [0.717, 1.165) is 77.0 Å². The molecule has 1 aliphatic rings. The fraction of sp³-hybridized carbons (Fsp3) is 0.745. The van der Waals surface area contributed by atoms with E-state index in [9.17, 15) is 44.6 Å². The molecule has 1 fully saturated rings. The van der Waals surface area contributed by atoms with Crippen LogP contribution < -0.4 is 0 Å². The Morgan fingerprint density at radius 1 is 0.525 bits per heavy atom. The van der Waals surface area contributed by atoms with E-state index in [4.69, 9.17) is 18.5 Å². The molecule has 0 saturated heterocycles.